The van der Waals surface area contributed by atoms with Gasteiger partial charge in [-0.15, -0.1) is 0 Å². The molecule has 0 fully saturated rings. The Bertz CT molecular complexity index is 204. The second kappa shape index (κ2) is 4.26. The third-order valence-corrected chi connectivity index (χ3v) is 2.12. The van der Waals surface area contributed by atoms with E-state index in [9.17, 15) is 0 Å². The van der Waals surface area contributed by atoms with E-state index in [-0.39, 0.29) is 0 Å². The molecule has 0 N–H and O–H groups in total. The van der Waals surface area contributed by atoms with Gasteiger partial charge in [-0.2, -0.15) is 5.10 Å². The highest BCUT2D eigenvalue weighted by molar-refractivity contribution is 4.77. The highest BCUT2D eigenvalue weighted by Gasteiger charge is 2.01. The Hall–Kier alpha value is -0.830. The molecule has 0 unspecified atom stereocenters. The first-order valence-corrected chi connectivity index (χ1v) is 4.38. The summed E-state index contributed by atoms with van der Waals surface area (Å²) in [6.07, 6.45) is 3.81. The van der Waals surface area contributed by atoms with Gasteiger partial charge in [0, 0.05) is 25.0 Å². The summed E-state index contributed by atoms with van der Waals surface area (Å²) in [6, 6.07) is 2.57. The Labute approximate surface area is 74.0 Å². The molecule has 68 valence electrons. The fraction of sp³-hybridized carbons (Fsp3) is 0.667. The van der Waals surface area contributed by atoms with E-state index in [0.29, 0.717) is 6.04 Å². The number of nitrogens with zero attached hydrogens (tertiary/aromatic N) is 3. The molecule has 0 atom stereocenters. The van der Waals surface area contributed by atoms with Crippen molar-refractivity contribution < 1.29 is 0 Å². The number of hydrogen-bond donors (Lipinski definition) is 0. The molecule has 1 aromatic rings. The maximum Gasteiger partial charge on any atom is 0.0536 e. The summed E-state index contributed by atoms with van der Waals surface area (Å²) in [5.74, 6) is 0. The Morgan fingerprint density at radius 2 is 2.25 bits per heavy atom. The van der Waals surface area contributed by atoms with Crippen molar-refractivity contribution in [2.45, 2.75) is 26.4 Å². The zero-order valence-electron chi connectivity index (χ0n) is 8.07. The van der Waals surface area contributed by atoms with Gasteiger partial charge >= 0.3 is 0 Å². The van der Waals surface area contributed by atoms with E-state index in [1.54, 1.807) is 0 Å². The molecule has 0 aliphatic rings. The first-order chi connectivity index (χ1) is 5.70. The van der Waals surface area contributed by atoms with Crippen LogP contribution in [0.4, 0.5) is 0 Å². The minimum absolute atomic E-state index is 0.612. The molecule has 0 saturated carbocycles. The van der Waals surface area contributed by atoms with Crippen LogP contribution in [-0.2, 0) is 6.54 Å². The van der Waals surface area contributed by atoms with Crippen LogP contribution in [0.15, 0.2) is 18.5 Å². The van der Waals surface area contributed by atoms with Gasteiger partial charge in [0.15, 0.2) is 0 Å². The Morgan fingerprint density at radius 3 is 2.75 bits per heavy atom. The van der Waals surface area contributed by atoms with Gasteiger partial charge in [0.2, 0.25) is 0 Å². The lowest BCUT2D eigenvalue weighted by molar-refractivity contribution is 0.259. The van der Waals surface area contributed by atoms with Gasteiger partial charge in [-0.25, -0.2) is 0 Å². The summed E-state index contributed by atoms with van der Waals surface area (Å²) in [6.45, 7) is 6.42. The van der Waals surface area contributed by atoms with Gasteiger partial charge in [-0.3, -0.25) is 4.68 Å². The summed E-state index contributed by atoms with van der Waals surface area (Å²) < 4.78 is 1.96. The minimum atomic E-state index is 0.612. The van der Waals surface area contributed by atoms with Crippen molar-refractivity contribution in [1.82, 2.24) is 14.7 Å². The molecular formula is C9H17N3. The molecule has 0 radical (unpaired) electrons. The first-order valence-electron chi connectivity index (χ1n) is 4.38. The summed E-state index contributed by atoms with van der Waals surface area (Å²) in [7, 11) is 2.13. The maximum absolute atomic E-state index is 4.14. The zero-order chi connectivity index (χ0) is 8.97. The van der Waals surface area contributed by atoms with Gasteiger partial charge in [0.1, 0.15) is 0 Å². The van der Waals surface area contributed by atoms with E-state index >= 15 is 0 Å². The molecule has 0 spiro atoms. The smallest absolute Gasteiger partial charge is 0.0536 e. The van der Waals surface area contributed by atoms with Crippen molar-refractivity contribution in [1.29, 1.82) is 0 Å². The van der Waals surface area contributed by atoms with E-state index in [2.05, 4.69) is 30.9 Å². The quantitative estimate of drug-likeness (QED) is 0.672. The van der Waals surface area contributed by atoms with Gasteiger partial charge < -0.3 is 4.90 Å². The summed E-state index contributed by atoms with van der Waals surface area (Å²) in [5.41, 5.74) is 0. The molecule has 12 heavy (non-hydrogen) atoms. The van der Waals surface area contributed by atoms with Crippen LogP contribution in [0.3, 0.4) is 0 Å². The number of rotatable bonds is 4. The van der Waals surface area contributed by atoms with Crippen LogP contribution in [0.2, 0.25) is 0 Å². The lowest BCUT2D eigenvalue weighted by atomic mass is 10.3. The van der Waals surface area contributed by atoms with Crippen LogP contribution >= 0.6 is 0 Å². The van der Waals surface area contributed by atoms with Gasteiger partial charge in [0.25, 0.3) is 0 Å². The largest absolute Gasteiger partial charge is 0.302 e. The van der Waals surface area contributed by atoms with Crippen molar-refractivity contribution in [2.24, 2.45) is 0 Å². The average molecular weight is 167 g/mol. The fourth-order valence-electron chi connectivity index (χ4n) is 0.951. The molecule has 0 aliphatic carbocycles. The van der Waals surface area contributed by atoms with Gasteiger partial charge in [0.05, 0.1) is 6.54 Å². The summed E-state index contributed by atoms with van der Waals surface area (Å²) in [4.78, 5) is 2.31. The molecule has 1 heterocycles. The maximum atomic E-state index is 4.14. The normalized spacial score (nSPS) is 11.4. The fourth-order valence-corrected chi connectivity index (χ4v) is 0.951. The molecule has 3 nitrogen and oxygen atoms in total. The number of likely N-dealkylation sites (N-methyl/N-ethyl adjacent to an activating group) is 1. The van der Waals surface area contributed by atoms with Crippen LogP contribution < -0.4 is 0 Å². The lowest BCUT2D eigenvalue weighted by Crippen LogP contribution is -2.29. The summed E-state index contributed by atoms with van der Waals surface area (Å²) in [5, 5.41) is 4.14. The van der Waals surface area contributed by atoms with E-state index in [0.717, 1.165) is 13.1 Å². The highest BCUT2D eigenvalue weighted by Crippen LogP contribution is 1.94. The van der Waals surface area contributed by atoms with Gasteiger partial charge in [-0.1, -0.05) is 0 Å². The Balaban J connectivity index is 2.27. The highest BCUT2D eigenvalue weighted by atomic mass is 15.3. The topological polar surface area (TPSA) is 21.1 Å². The predicted molar refractivity (Wildman–Crippen MR) is 50.0 cm³/mol. The van der Waals surface area contributed by atoms with E-state index in [1.165, 1.54) is 0 Å². The number of aromatic nitrogens is 2. The molecule has 1 aromatic heterocycles. The monoisotopic (exact) mass is 167 g/mol. The second-order valence-electron chi connectivity index (χ2n) is 3.34. The van der Waals surface area contributed by atoms with Gasteiger partial charge in [-0.05, 0) is 27.0 Å². The standard InChI is InChI=1S/C9H17N3/c1-9(2)11(3)7-8-12-6-4-5-10-12/h4-6,9H,7-8H2,1-3H3. The lowest BCUT2D eigenvalue weighted by Gasteiger charge is -2.20. The van der Waals surface area contributed by atoms with Crippen molar-refractivity contribution in [3.05, 3.63) is 18.5 Å². The van der Waals surface area contributed by atoms with Crippen molar-refractivity contribution in [2.75, 3.05) is 13.6 Å². The first kappa shape index (κ1) is 9.26. The third kappa shape index (κ3) is 2.66. The number of hydrogen-bond acceptors (Lipinski definition) is 2. The third-order valence-electron chi connectivity index (χ3n) is 2.12. The average Bonchev–Trinajstić information content (AvgIpc) is 2.51. The minimum Gasteiger partial charge on any atom is -0.302 e. The Morgan fingerprint density at radius 1 is 1.50 bits per heavy atom. The van der Waals surface area contributed by atoms with E-state index < -0.39 is 0 Å². The Kier molecular flexibility index (Phi) is 3.29. The molecule has 0 aromatic carbocycles. The van der Waals surface area contributed by atoms with E-state index in [4.69, 9.17) is 0 Å². The SMILES string of the molecule is CC(C)N(C)CCn1cccn1. The van der Waals surface area contributed by atoms with Crippen LogP contribution in [0.1, 0.15) is 13.8 Å². The predicted octanol–water partition coefficient (Wildman–Crippen LogP) is 1.22. The van der Waals surface area contributed by atoms with Crippen molar-refractivity contribution >= 4 is 0 Å². The molecule has 0 amide bonds. The molecular weight excluding hydrogens is 150 g/mol. The van der Waals surface area contributed by atoms with Crippen LogP contribution in [-0.4, -0.2) is 34.3 Å². The van der Waals surface area contributed by atoms with E-state index in [1.807, 2.05) is 23.1 Å². The molecule has 3 heteroatoms. The zero-order valence-corrected chi connectivity index (χ0v) is 8.07. The van der Waals surface area contributed by atoms with Crippen LogP contribution in [0, 0.1) is 0 Å². The molecule has 1 rings (SSSR count). The van der Waals surface area contributed by atoms with Crippen molar-refractivity contribution in [3.8, 4) is 0 Å². The molecule has 0 bridgehead atoms. The summed E-state index contributed by atoms with van der Waals surface area (Å²) >= 11 is 0. The molecule has 0 aliphatic heterocycles. The van der Waals surface area contributed by atoms with Crippen LogP contribution in [0.25, 0.3) is 0 Å². The second-order valence-corrected chi connectivity index (χ2v) is 3.34. The van der Waals surface area contributed by atoms with Crippen LogP contribution in [0.5, 0.6) is 0 Å². The van der Waals surface area contributed by atoms with Crippen molar-refractivity contribution in [3.63, 3.8) is 0 Å². The molecule has 0 saturated heterocycles.